The van der Waals surface area contributed by atoms with Crippen molar-refractivity contribution in [2.75, 3.05) is 12.4 Å². The molecular formula is C14H20ClNO3. The average molecular weight is 286 g/mol. The highest BCUT2D eigenvalue weighted by molar-refractivity contribution is 6.17. The fraction of sp³-hybridized carbons (Fsp3) is 0.500. The Balaban J connectivity index is 2.60. The summed E-state index contributed by atoms with van der Waals surface area (Å²) in [7, 11) is 0. The lowest BCUT2D eigenvalue weighted by Gasteiger charge is -2.24. The Morgan fingerprint density at radius 1 is 1.26 bits per heavy atom. The average Bonchev–Trinajstić information content (AvgIpc) is 2.32. The van der Waals surface area contributed by atoms with Crippen molar-refractivity contribution in [2.45, 2.75) is 26.7 Å². The van der Waals surface area contributed by atoms with Crippen LogP contribution in [0.1, 0.15) is 37.0 Å². The standard InChI is InChI=1S/C14H20ClNO3/c1-14(2,4-3-5-15)9-16-13(19)10-6-11(17)8-12(18)7-10/h6-8,17-18H,3-5,9H2,1-2H3,(H,16,19). The number of phenols is 2. The largest absolute Gasteiger partial charge is 0.508 e. The maximum Gasteiger partial charge on any atom is 0.251 e. The molecule has 0 unspecified atom stereocenters. The third-order valence-electron chi connectivity index (χ3n) is 2.88. The Labute approximate surface area is 118 Å². The molecule has 4 nitrogen and oxygen atoms in total. The predicted molar refractivity (Wildman–Crippen MR) is 75.8 cm³/mol. The molecule has 1 aromatic rings. The van der Waals surface area contributed by atoms with Gasteiger partial charge in [-0.05, 0) is 30.4 Å². The summed E-state index contributed by atoms with van der Waals surface area (Å²) in [4.78, 5) is 11.9. The Bertz CT molecular complexity index is 426. The molecule has 0 spiro atoms. The summed E-state index contributed by atoms with van der Waals surface area (Å²) < 4.78 is 0. The molecular weight excluding hydrogens is 266 g/mol. The van der Waals surface area contributed by atoms with Crippen molar-refractivity contribution in [3.63, 3.8) is 0 Å². The van der Waals surface area contributed by atoms with E-state index in [1.54, 1.807) is 0 Å². The summed E-state index contributed by atoms with van der Waals surface area (Å²) in [6, 6.07) is 3.82. The highest BCUT2D eigenvalue weighted by Gasteiger charge is 2.19. The normalized spacial score (nSPS) is 11.3. The molecule has 0 atom stereocenters. The molecule has 3 N–H and O–H groups in total. The number of aromatic hydroxyl groups is 2. The number of nitrogens with one attached hydrogen (secondary N) is 1. The lowest BCUT2D eigenvalue weighted by atomic mass is 9.88. The molecule has 0 aromatic heterocycles. The second-order valence-corrected chi connectivity index (χ2v) is 5.76. The molecule has 0 aliphatic carbocycles. The summed E-state index contributed by atoms with van der Waals surface area (Å²) in [6.45, 7) is 4.62. The number of phenolic OH excluding ortho intramolecular Hbond substituents is 2. The van der Waals surface area contributed by atoms with Crippen LogP contribution in [0.25, 0.3) is 0 Å². The first-order valence-corrected chi connectivity index (χ1v) is 6.75. The van der Waals surface area contributed by atoms with Gasteiger partial charge in [0.05, 0.1) is 0 Å². The van der Waals surface area contributed by atoms with Crippen molar-refractivity contribution in [1.82, 2.24) is 5.32 Å². The first-order chi connectivity index (χ1) is 8.84. The van der Waals surface area contributed by atoms with Gasteiger partial charge in [0.25, 0.3) is 5.91 Å². The van der Waals surface area contributed by atoms with Gasteiger partial charge in [0.1, 0.15) is 11.5 Å². The zero-order valence-electron chi connectivity index (χ0n) is 11.2. The van der Waals surface area contributed by atoms with E-state index in [0.717, 1.165) is 12.8 Å². The van der Waals surface area contributed by atoms with Crippen LogP contribution < -0.4 is 5.32 Å². The topological polar surface area (TPSA) is 69.6 Å². The van der Waals surface area contributed by atoms with Crippen LogP contribution in [0.2, 0.25) is 0 Å². The zero-order valence-corrected chi connectivity index (χ0v) is 12.0. The van der Waals surface area contributed by atoms with E-state index in [0.29, 0.717) is 12.4 Å². The van der Waals surface area contributed by atoms with Gasteiger partial charge in [-0.1, -0.05) is 13.8 Å². The minimum Gasteiger partial charge on any atom is -0.508 e. The van der Waals surface area contributed by atoms with Crippen LogP contribution in [0, 0.1) is 5.41 Å². The molecule has 0 saturated carbocycles. The molecule has 0 aliphatic heterocycles. The van der Waals surface area contributed by atoms with E-state index in [1.165, 1.54) is 18.2 Å². The molecule has 1 aromatic carbocycles. The first kappa shape index (κ1) is 15.6. The van der Waals surface area contributed by atoms with Crippen LogP contribution in [-0.4, -0.2) is 28.5 Å². The number of halogens is 1. The fourth-order valence-corrected chi connectivity index (χ4v) is 1.92. The monoisotopic (exact) mass is 285 g/mol. The minimum absolute atomic E-state index is 0.0383. The predicted octanol–water partition coefficient (Wildman–Crippen LogP) is 2.87. The van der Waals surface area contributed by atoms with Crippen molar-refractivity contribution in [2.24, 2.45) is 5.41 Å². The number of benzene rings is 1. The van der Waals surface area contributed by atoms with Gasteiger partial charge in [0.2, 0.25) is 0 Å². The molecule has 0 heterocycles. The summed E-state index contributed by atoms with van der Waals surface area (Å²) in [5.74, 6) is 0.0286. The Kier molecular flexibility index (Phi) is 5.48. The SMILES string of the molecule is CC(C)(CCCCl)CNC(=O)c1cc(O)cc(O)c1. The maximum absolute atomic E-state index is 11.9. The van der Waals surface area contributed by atoms with E-state index < -0.39 is 0 Å². The number of hydrogen-bond donors (Lipinski definition) is 3. The summed E-state index contributed by atoms with van der Waals surface area (Å²) in [5, 5.41) is 21.5. The number of rotatable bonds is 6. The van der Waals surface area contributed by atoms with E-state index in [2.05, 4.69) is 19.2 Å². The molecule has 0 radical (unpaired) electrons. The van der Waals surface area contributed by atoms with Gasteiger partial charge < -0.3 is 15.5 Å². The molecule has 0 saturated heterocycles. The van der Waals surface area contributed by atoms with E-state index in [-0.39, 0.29) is 28.4 Å². The van der Waals surface area contributed by atoms with Crippen LogP contribution in [0.3, 0.4) is 0 Å². The van der Waals surface area contributed by atoms with Crippen LogP contribution >= 0.6 is 11.6 Å². The quantitative estimate of drug-likeness (QED) is 0.704. The lowest BCUT2D eigenvalue weighted by molar-refractivity contribution is 0.0933. The molecule has 19 heavy (non-hydrogen) atoms. The van der Waals surface area contributed by atoms with Crippen molar-refractivity contribution >= 4 is 17.5 Å². The van der Waals surface area contributed by atoms with Crippen LogP contribution in [0.15, 0.2) is 18.2 Å². The maximum atomic E-state index is 11.9. The van der Waals surface area contributed by atoms with Gasteiger partial charge in [-0.3, -0.25) is 4.79 Å². The van der Waals surface area contributed by atoms with Gasteiger partial charge in [0.15, 0.2) is 0 Å². The summed E-state index contributed by atoms with van der Waals surface area (Å²) in [6.07, 6.45) is 1.82. The second-order valence-electron chi connectivity index (χ2n) is 5.38. The molecule has 1 rings (SSSR count). The van der Waals surface area contributed by atoms with Crippen LogP contribution in [0.4, 0.5) is 0 Å². The van der Waals surface area contributed by atoms with Crippen LogP contribution in [0.5, 0.6) is 11.5 Å². The highest BCUT2D eigenvalue weighted by Crippen LogP contribution is 2.23. The van der Waals surface area contributed by atoms with Gasteiger partial charge in [0, 0.05) is 24.1 Å². The minimum atomic E-state index is -0.315. The first-order valence-electron chi connectivity index (χ1n) is 6.21. The summed E-state index contributed by atoms with van der Waals surface area (Å²) >= 11 is 5.66. The smallest absolute Gasteiger partial charge is 0.251 e. The van der Waals surface area contributed by atoms with Gasteiger partial charge in [-0.25, -0.2) is 0 Å². The number of amides is 1. The second kappa shape index (κ2) is 6.66. The zero-order chi connectivity index (χ0) is 14.5. The molecule has 0 fully saturated rings. The van der Waals surface area contributed by atoms with Gasteiger partial charge >= 0.3 is 0 Å². The fourth-order valence-electron chi connectivity index (χ4n) is 1.78. The lowest BCUT2D eigenvalue weighted by Crippen LogP contribution is -2.34. The number of carbonyl (C=O) groups is 1. The molecule has 0 bridgehead atoms. The Morgan fingerprint density at radius 2 is 1.84 bits per heavy atom. The van der Waals surface area contributed by atoms with E-state index in [1.807, 2.05) is 0 Å². The number of alkyl halides is 1. The third-order valence-corrected chi connectivity index (χ3v) is 3.15. The Morgan fingerprint density at radius 3 is 2.37 bits per heavy atom. The van der Waals surface area contributed by atoms with E-state index in [9.17, 15) is 15.0 Å². The molecule has 0 aliphatic rings. The van der Waals surface area contributed by atoms with Gasteiger partial charge in [-0.2, -0.15) is 0 Å². The van der Waals surface area contributed by atoms with Crippen molar-refractivity contribution < 1.29 is 15.0 Å². The molecule has 106 valence electrons. The molecule has 5 heteroatoms. The van der Waals surface area contributed by atoms with Crippen molar-refractivity contribution in [3.05, 3.63) is 23.8 Å². The highest BCUT2D eigenvalue weighted by atomic mass is 35.5. The van der Waals surface area contributed by atoms with E-state index >= 15 is 0 Å². The number of carbonyl (C=O) groups excluding carboxylic acids is 1. The number of hydrogen-bond acceptors (Lipinski definition) is 3. The van der Waals surface area contributed by atoms with Gasteiger partial charge in [-0.15, -0.1) is 11.6 Å². The van der Waals surface area contributed by atoms with Crippen LogP contribution in [-0.2, 0) is 0 Å². The van der Waals surface area contributed by atoms with Crippen molar-refractivity contribution in [1.29, 1.82) is 0 Å². The van der Waals surface area contributed by atoms with E-state index in [4.69, 9.17) is 11.6 Å². The molecule has 1 amide bonds. The Hall–Kier alpha value is -1.42. The van der Waals surface area contributed by atoms with Crippen molar-refractivity contribution in [3.8, 4) is 11.5 Å². The summed E-state index contributed by atoms with van der Waals surface area (Å²) in [5.41, 5.74) is 0.203. The third kappa shape index (κ3) is 5.39.